The lowest BCUT2D eigenvalue weighted by Gasteiger charge is -2.29. The first-order valence-electron chi connectivity index (χ1n) is 6.43. The third-order valence-corrected chi connectivity index (χ3v) is 4.07. The Bertz CT molecular complexity index is 298. The van der Waals surface area contributed by atoms with Crippen molar-refractivity contribution in [3.8, 4) is 0 Å². The number of hydrogen-bond acceptors (Lipinski definition) is 0. The average molecular weight is 204 g/mol. The van der Waals surface area contributed by atoms with Crippen LogP contribution >= 0.6 is 0 Å². The Morgan fingerprint density at radius 1 is 1.33 bits per heavy atom. The molecular formula is C15H24. The molecule has 84 valence electrons. The Morgan fingerprint density at radius 3 is 2.67 bits per heavy atom. The molecule has 0 aromatic heterocycles. The molecule has 2 aliphatic carbocycles. The first-order chi connectivity index (χ1) is 7.04. The van der Waals surface area contributed by atoms with Crippen LogP contribution in [0, 0.1) is 17.3 Å². The molecule has 2 rings (SSSR count). The van der Waals surface area contributed by atoms with Crippen LogP contribution in [-0.4, -0.2) is 0 Å². The number of allylic oxidation sites excluding steroid dienone is 4. The van der Waals surface area contributed by atoms with Crippen LogP contribution in [0.15, 0.2) is 23.3 Å². The van der Waals surface area contributed by atoms with Gasteiger partial charge in [0.1, 0.15) is 0 Å². The summed E-state index contributed by atoms with van der Waals surface area (Å²) in [6.07, 6.45) is 10.1. The van der Waals surface area contributed by atoms with Gasteiger partial charge in [0.15, 0.2) is 0 Å². The zero-order valence-corrected chi connectivity index (χ0v) is 10.6. The predicted octanol–water partition coefficient (Wildman–Crippen LogP) is 4.73. The molecule has 0 radical (unpaired) electrons. The maximum Gasteiger partial charge on any atom is -0.0127 e. The maximum absolute atomic E-state index is 2.40. The highest BCUT2D eigenvalue weighted by Crippen LogP contribution is 2.51. The molecule has 0 fully saturated rings. The smallest absolute Gasteiger partial charge is 0.0127 e. The highest BCUT2D eigenvalue weighted by Gasteiger charge is 2.38. The van der Waals surface area contributed by atoms with Crippen LogP contribution in [0.3, 0.4) is 0 Å². The van der Waals surface area contributed by atoms with E-state index in [1.807, 2.05) is 0 Å². The van der Waals surface area contributed by atoms with Gasteiger partial charge in [0.2, 0.25) is 0 Å². The van der Waals surface area contributed by atoms with Gasteiger partial charge in [0.05, 0.1) is 0 Å². The molecule has 0 nitrogen and oxygen atoms in total. The van der Waals surface area contributed by atoms with Crippen LogP contribution < -0.4 is 0 Å². The second-order valence-electron chi connectivity index (χ2n) is 6.23. The minimum absolute atomic E-state index is 0.453. The van der Waals surface area contributed by atoms with E-state index in [1.165, 1.54) is 25.7 Å². The van der Waals surface area contributed by atoms with Crippen LogP contribution in [0.25, 0.3) is 0 Å². The molecule has 0 heteroatoms. The number of hydrogen-bond donors (Lipinski definition) is 0. The standard InChI is InChI=1S/C15H24/c1-5-7-11-10-14(15(2,3)4)13-9-6-8-12(11)13/h6,8,11,14H,5,7,9-10H2,1-4H3. The Balaban J connectivity index is 2.21. The molecule has 0 amide bonds. The van der Waals surface area contributed by atoms with Gasteiger partial charge in [-0.3, -0.25) is 0 Å². The topological polar surface area (TPSA) is 0 Å². The first-order valence-corrected chi connectivity index (χ1v) is 6.43. The molecule has 2 unspecified atom stereocenters. The number of rotatable bonds is 2. The minimum atomic E-state index is 0.453. The summed E-state index contributed by atoms with van der Waals surface area (Å²) in [4.78, 5) is 0. The maximum atomic E-state index is 2.40. The van der Waals surface area contributed by atoms with E-state index < -0.39 is 0 Å². The lowest BCUT2D eigenvalue weighted by atomic mass is 9.75. The van der Waals surface area contributed by atoms with Crippen LogP contribution in [0.1, 0.15) is 53.4 Å². The Morgan fingerprint density at radius 2 is 2.07 bits per heavy atom. The molecule has 0 bridgehead atoms. The van der Waals surface area contributed by atoms with Crippen molar-refractivity contribution >= 4 is 0 Å². The molecule has 2 atom stereocenters. The largest absolute Gasteiger partial charge is 0.0802 e. The van der Waals surface area contributed by atoms with E-state index in [2.05, 4.69) is 39.8 Å². The van der Waals surface area contributed by atoms with Crippen molar-refractivity contribution in [2.75, 3.05) is 0 Å². The molecule has 0 N–H and O–H groups in total. The molecule has 0 aromatic rings. The molecule has 0 aliphatic heterocycles. The van der Waals surface area contributed by atoms with E-state index in [1.54, 1.807) is 11.1 Å². The van der Waals surface area contributed by atoms with Gasteiger partial charge < -0.3 is 0 Å². The zero-order valence-electron chi connectivity index (χ0n) is 10.6. The van der Waals surface area contributed by atoms with Crippen molar-refractivity contribution in [2.45, 2.75) is 53.4 Å². The Hall–Kier alpha value is -0.520. The van der Waals surface area contributed by atoms with Crippen LogP contribution in [-0.2, 0) is 0 Å². The van der Waals surface area contributed by atoms with Gasteiger partial charge in [-0.2, -0.15) is 0 Å². The lowest BCUT2D eigenvalue weighted by Crippen LogP contribution is -2.20. The monoisotopic (exact) mass is 204 g/mol. The fraction of sp³-hybridized carbons (Fsp3) is 0.733. The summed E-state index contributed by atoms with van der Waals surface area (Å²) in [6.45, 7) is 9.50. The molecule has 0 spiro atoms. The molecule has 0 aromatic carbocycles. The first kappa shape index (κ1) is 11.0. The third-order valence-electron chi connectivity index (χ3n) is 4.07. The van der Waals surface area contributed by atoms with Gasteiger partial charge >= 0.3 is 0 Å². The van der Waals surface area contributed by atoms with Gasteiger partial charge in [0, 0.05) is 0 Å². The molecule has 15 heavy (non-hydrogen) atoms. The van der Waals surface area contributed by atoms with Gasteiger partial charge in [-0.15, -0.1) is 0 Å². The minimum Gasteiger partial charge on any atom is -0.0802 e. The van der Waals surface area contributed by atoms with Crippen molar-refractivity contribution in [1.82, 2.24) is 0 Å². The fourth-order valence-corrected chi connectivity index (χ4v) is 3.33. The van der Waals surface area contributed by atoms with Gasteiger partial charge in [-0.25, -0.2) is 0 Å². The van der Waals surface area contributed by atoms with Gasteiger partial charge in [-0.1, -0.05) is 51.8 Å². The van der Waals surface area contributed by atoms with E-state index in [-0.39, 0.29) is 0 Å². The van der Waals surface area contributed by atoms with Gasteiger partial charge in [-0.05, 0) is 42.1 Å². The quantitative estimate of drug-likeness (QED) is 0.610. The zero-order chi connectivity index (χ0) is 11.1. The highest BCUT2D eigenvalue weighted by molar-refractivity contribution is 5.41. The summed E-state index contributed by atoms with van der Waals surface area (Å²) in [5, 5.41) is 0. The third kappa shape index (κ3) is 1.91. The summed E-state index contributed by atoms with van der Waals surface area (Å²) in [6, 6.07) is 0. The highest BCUT2D eigenvalue weighted by atomic mass is 14.4. The van der Waals surface area contributed by atoms with Gasteiger partial charge in [0.25, 0.3) is 0 Å². The predicted molar refractivity (Wildman–Crippen MR) is 66.7 cm³/mol. The Labute approximate surface area is 94.5 Å². The van der Waals surface area contributed by atoms with Crippen molar-refractivity contribution < 1.29 is 0 Å². The summed E-state index contributed by atoms with van der Waals surface area (Å²) in [5.74, 6) is 1.70. The summed E-state index contributed by atoms with van der Waals surface area (Å²) >= 11 is 0. The van der Waals surface area contributed by atoms with E-state index in [4.69, 9.17) is 0 Å². The summed E-state index contributed by atoms with van der Waals surface area (Å²) in [7, 11) is 0. The van der Waals surface area contributed by atoms with Crippen LogP contribution in [0.2, 0.25) is 0 Å². The second kappa shape index (κ2) is 3.81. The SMILES string of the molecule is CCCC1CC(C(C)(C)C)C2=C1C=CC2. The van der Waals surface area contributed by atoms with E-state index in [9.17, 15) is 0 Å². The second-order valence-corrected chi connectivity index (χ2v) is 6.23. The molecule has 0 saturated carbocycles. The van der Waals surface area contributed by atoms with Crippen LogP contribution in [0.5, 0.6) is 0 Å². The van der Waals surface area contributed by atoms with Crippen molar-refractivity contribution in [2.24, 2.45) is 17.3 Å². The Kier molecular flexibility index (Phi) is 2.79. The van der Waals surface area contributed by atoms with E-state index in [0.29, 0.717) is 5.41 Å². The summed E-state index contributed by atoms with van der Waals surface area (Å²) in [5.41, 5.74) is 3.92. The normalized spacial score (nSPS) is 30.1. The molecule has 2 aliphatic rings. The average Bonchev–Trinajstić information content (AvgIpc) is 2.66. The van der Waals surface area contributed by atoms with Crippen molar-refractivity contribution in [3.63, 3.8) is 0 Å². The van der Waals surface area contributed by atoms with Crippen molar-refractivity contribution in [3.05, 3.63) is 23.3 Å². The summed E-state index contributed by atoms with van der Waals surface area (Å²) < 4.78 is 0. The van der Waals surface area contributed by atoms with Crippen LogP contribution in [0.4, 0.5) is 0 Å². The molecular weight excluding hydrogens is 180 g/mol. The molecule has 0 heterocycles. The van der Waals surface area contributed by atoms with Crippen molar-refractivity contribution in [1.29, 1.82) is 0 Å². The fourth-order valence-electron chi connectivity index (χ4n) is 3.33. The lowest BCUT2D eigenvalue weighted by molar-refractivity contribution is 0.256. The van der Waals surface area contributed by atoms with E-state index >= 15 is 0 Å². The molecule has 0 saturated heterocycles. The van der Waals surface area contributed by atoms with E-state index in [0.717, 1.165) is 11.8 Å².